The molecule has 0 atom stereocenters. The van der Waals surface area contributed by atoms with Gasteiger partial charge in [-0.25, -0.2) is 11.6 Å². The molecule has 3 aromatic carbocycles. The molecular formula is C28H29Cl2NZr. The predicted molar refractivity (Wildman–Crippen MR) is 138 cm³/mol. The van der Waals surface area contributed by atoms with Gasteiger partial charge in [-0.15, -0.1) is 47.5 Å². The Kier molecular flexibility index (Phi) is 9.98. The van der Waals surface area contributed by atoms with E-state index in [2.05, 4.69) is 104 Å². The van der Waals surface area contributed by atoms with Gasteiger partial charge in [-0.2, -0.15) is 6.08 Å². The first-order valence-electron chi connectivity index (χ1n) is 11.1. The number of allylic oxidation sites excluding steroid dienone is 4. The van der Waals surface area contributed by atoms with E-state index < -0.39 is 20.8 Å². The van der Waals surface area contributed by atoms with Gasteiger partial charge < -0.3 is 4.57 Å². The van der Waals surface area contributed by atoms with Gasteiger partial charge in [0.15, 0.2) is 0 Å². The fourth-order valence-corrected chi connectivity index (χ4v) is 4.11. The van der Waals surface area contributed by atoms with Crippen molar-refractivity contribution in [2.24, 2.45) is 0 Å². The average Bonchev–Trinajstić information content (AvgIpc) is 3.53. The normalized spacial score (nSPS) is 12.1. The molecule has 1 nitrogen and oxygen atoms in total. The van der Waals surface area contributed by atoms with Gasteiger partial charge in [0, 0.05) is 11.1 Å². The summed E-state index contributed by atoms with van der Waals surface area (Å²) in [4.78, 5) is 0. The molecule has 0 radical (unpaired) electrons. The number of aryl methyl sites for hydroxylation is 1. The van der Waals surface area contributed by atoms with Crippen LogP contribution < -0.4 is 0 Å². The first-order chi connectivity index (χ1) is 15.6. The first-order valence-corrected chi connectivity index (χ1v) is 17.4. The number of aromatic nitrogens is 1. The Morgan fingerprint density at radius 3 is 2.47 bits per heavy atom. The van der Waals surface area contributed by atoms with E-state index in [0.29, 0.717) is 0 Å². The van der Waals surface area contributed by atoms with Crippen molar-refractivity contribution in [3.8, 4) is 5.69 Å². The van der Waals surface area contributed by atoms with Gasteiger partial charge in [-0.3, -0.25) is 6.08 Å². The van der Waals surface area contributed by atoms with Crippen molar-refractivity contribution in [2.75, 3.05) is 0 Å². The summed E-state index contributed by atoms with van der Waals surface area (Å²) in [6.45, 7) is 6.63. The van der Waals surface area contributed by atoms with E-state index in [9.17, 15) is 0 Å². The van der Waals surface area contributed by atoms with E-state index in [0.717, 1.165) is 6.42 Å². The number of fused-ring (bicyclic) bond motifs is 2. The van der Waals surface area contributed by atoms with Gasteiger partial charge in [-0.05, 0) is 31.2 Å². The summed E-state index contributed by atoms with van der Waals surface area (Å²) in [5.41, 5.74) is 6.65. The Labute approximate surface area is 210 Å². The third-order valence-corrected chi connectivity index (χ3v) is 5.85. The zero-order valence-electron chi connectivity index (χ0n) is 19.0. The Morgan fingerprint density at radius 2 is 1.78 bits per heavy atom. The van der Waals surface area contributed by atoms with Crippen LogP contribution in [0.2, 0.25) is 0 Å². The first kappa shape index (κ1) is 25.2. The van der Waals surface area contributed by atoms with Crippen LogP contribution in [0.4, 0.5) is 0 Å². The quantitative estimate of drug-likeness (QED) is 0.227. The molecule has 0 saturated carbocycles. The monoisotopic (exact) mass is 539 g/mol. The summed E-state index contributed by atoms with van der Waals surface area (Å²) < 4.78 is 2.37. The zero-order chi connectivity index (χ0) is 22.9. The van der Waals surface area contributed by atoms with Crippen molar-refractivity contribution in [1.82, 2.24) is 4.57 Å². The number of benzene rings is 2. The minimum atomic E-state index is -0.826. The summed E-state index contributed by atoms with van der Waals surface area (Å²) in [6.07, 6.45) is 12.5. The van der Waals surface area contributed by atoms with Gasteiger partial charge >= 0.3 is 37.9 Å². The molecule has 4 heteroatoms. The summed E-state index contributed by atoms with van der Waals surface area (Å²) in [5, 5.41) is 3.95. The van der Waals surface area contributed by atoms with Gasteiger partial charge in [0.05, 0.1) is 5.52 Å². The fourth-order valence-electron chi connectivity index (χ4n) is 4.11. The van der Waals surface area contributed by atoms with E-state index >= 15 is 0 Å². The fraction of sp³-hybridized carbons (Fsp3) is 0.250. The number of hydrogen-bond acceptors (Lipinski definition) is 0. The van der Waals surface area contributed by atoms with Gasteiger partial charge in [0.2, 0.25) is 0 Å². The number of nitrogens with zero attached hydrogens (tertiary/aromatic N) is 1. The number of rotatable bonds is 4. The summed E-state index contributed by atoms with van der Waals surface area (Å²) >= 11 is -0.826. The molecule has 0 bridgehead atoms. The third kappa shape index (κ3) is 6.10. The van der Waals surface area contributed by atoms with Crippen molar-refractivity contribution < 1.29 is 20.8 Å². The van der Waals surface area contributed by atoms with Crippen molar-refractivity contribution in [3.05, 3.63) is 95.7 Å². The van der Waals surface area contributed by atoms with Crippen LogP contribution in [0.15, 0.2) is 78.4 Å². The standard InChI is InChI=1S/C19H16N.C9H13.2ClH.Zr/c1-13-14(2)20(19-10-6-5-9-18(13)19)17-11-15-7-3-4-8-16(15)12-17;1-2-3-6-9-7-4-5-8-9;;;/h3-12H,1-2H3;4,7H,2-3,5-6H2,1H3;2*1H;/q2*-1;;;+4/p-2. The summed E-state index contributed by atoms with van der Waals surface area (Å²) in [6, 6.07) is 21.7. The van der Waals surface area contributed by atoms with E-state index in [1.54, 1.807) is 0 Å². The molecule has 1 aromatic heterocycles. The second kappa shape index (κ2) is 12.7. The molecule has 0 unspecified atom stereocenters. The number of para-hydroxylation sites is 1. The van der Waals surface area contributed by atoms with Gasteiger partial charge in [0.1, 0.15) is 0 Å². The number of unbranched alkanes of at least 4 members (excludes halogenated alkanes) is 1. The van der Waals surface area contributed by atoms with Crippen LogP contribution in [0.5, 0.6) is 0 Å². The van der Waals surface area contributed by atoms with Gasteiger partial charge in [-0.1, -0.05) is 50.5 Å². The zero-order valence-corrected chi connectivity index (χ0v) is 22.9. The molecule has 32 heavy (non-hydrogen) atoms. The second-order valence-electron chi connectivity index (χ2n) is 7.89. The average molecular weight is 542 g/mol. The predicted octanol–water partition coefficient (Wildman–Crippen LogP) is 9.36. The summed E-state index contributed by atoms with van der Waals surface area (Å²) in [7, 11) is 9.87. The van der Waals surface area contributed by atoms with Crippen LogP contribution in [0.3, 0.4) is 0 Å². The molecule has 0 amide bonds. The molecule has 0 spiro atoms. The minimum absolute atomic E-state index is 0.826. The molecule has 5 rings (SSSR count). The Bertz CT molecular complexity index is 1180. The van der Waals surface area contributed by atoms with Crippen molar-refractivity contribution in [3.63, 3.8) is 0 Å². The van der Waals surface area contributed by atoms with Crippen LogP contribution in [-0.2, 0) is 20.8 Å². The molecule has 164 valence electrons. The maximum absolute atomic E-state index is 4.93. The Hall–Kier alpha value is -1.47. The molecule has 1 aliphatic carbocycles. The molecule has 0 fully saturated rings. The molecule has 1 aliphatic rings. The molecule has 0 N–H and O–H groups in total. The van der Waals surface area contributed by atoms with Crippen LogP contribution in [0.25, 0.3) is 27.4 Å². The van der Waals surface area contributed by atoms with Crippen molar-refractivity contribution >= 4 is 38.7 Å². The van der Waals surface area contributed by atoms with Crippen LogP contribution in [0, 0.1) is 19.9 Å². The van der Waals surface area contributed by atoms with Crippen molar-refractivity contribution in [2.45, 2.75) is 46.5 Å². The topological polar surface area (TPSA) is 4.93 Å². The summed E-state index contributed by atoms with van der Waals surface area (Å²) in [5.74, 6) is 0. The number of hydrogen-bond donors (Lipinski definition) is 0. The Balaban J connectivity index is 0.000000202. The van der Waals surface area contributed by atoms with Gasteiger partial charge in [0.25, 0.3) is 0 Å². The van der Waals surface area contributed by atoms with Crippen LogP contribution in [0.1, 0.15) is 43.9 Å². The second-order valence-corrected chi connectivity index (χ2v) is 11.6. The molecule has 0 aliphatic heterocycles. The van der Waals surface area contributed by atoms with Crippen molar-refractivity contribution in [1.29, 1.82) is 0 Å². The van der Waals surface area contributed by atoms with E-state index in [4.69, 9.17) is 17.0 Å². The maximum atomic E-state index is 4.93. The molecule has 4 aromatic rings. The Morgan fingerprint density at radius 1 is 1.06 bits per heavy atom. The molecule has 1 heterocycles. The van der Waals surface area contributed by atoms with E-state index in [1.165, 1.54) is 63.5 Å². The molecule has 0 saturated heterocycles. The van der Waals surface area contributed by atoms with Crippen LogP contribution >= 0.6 is 17.0 Å². The van der Waals surface area contributed by atoms with Crippen LogP contribution in [-0.4, -0.2) is 4.57 Å². The molecular weight excluding hydrogens is 512 g/mol. The van der Waals surface area contributed by atoms with E-state index in [1.807, 2.05) is 0 Å². The third-order valence-electron chi connectivity index (χ3n) is 5.85. The SMILES string of the molecule is CCCCC1=[C-]CC=C1.Cc1c(C)n(-c2cc3ccccc3[cH-]2)c2ccccc12.[Cl][Zr+2][Cl]. The number of halogens is 2. The van der Waals surface area contributed by atoms with E-state index in [-0.39, 0.29) is 0 Å².